The normalized spacial score (nSPS) is 17.6. The van der Waals surface area contributed by atoms with E-state index in [9.17, 15) is 4.79 Å². The lowest BCUT2D eigenvalue weighted by Gasteiger charge is -2.30. The van der Waals surface area contributed by atoms with E-state index in [1.165, 1.54) is 15.6 Å². The van der Waals surface area contributed by atoms with Crippen molar-refractivity contribution in [3.05, 3.63) is 35.2 Å². The van der Waals surface area contributed by atoms with E-state index in [4.69, 9.17) is 11.8 Å². The van der Waals surface area contributed by atoms with Crippen LogP contribution in [-0.2, 0) is 11.3 Å². The van der Waals surface area contributed by atoms with Gasteiger partial charge in [-0.2, -0.15) is 0 Å². The van der Waals surface area contributed by atoms with Gasteiger partial charge in [-0.25, -0.2) is 4.42 Å². The molecule has 0 saturated carbocycles. The van der Waals surface area contributed by atoms with Gasteiger partial charge in [-0.1, -0.05) is 18.2 Å². The minimum Gasteiger partial charge on any atom is -0.336 e. The lowest BCUT2D eigenvalue weighted by Crippen LogP contribution is -2.46. The van der Waals surface area contributed by atoms with Crippen LogP contribution in [0.4, 0.5) is 0 Å². The van der Waals surface area contributed by atoms with Crippen LogP contribution in [0.3, 0.4) is 0 Å². The fraction of sp³-hybridized carbons (Fsp3) is 0.308. The molecule has 1 fully saturated rings. The molecular weight excluding hydrogens is 268 g/mol. The average molecular weight is 281 g/mol. The van der Waals surface area contributed by atoms with Gasteiger partial charge in [0.2, 0.25) is 5.91 Å². The highest BCUT2D eigenvalue weighted by Crippen LogP contribution is 2.27. The summed E-state index contributed by atoms with van der Waals surface area (Å²) >= 11 is 7.57. The van der Waals surface area contributed by atoms with Gasteiger partial charge in [0, 0.05) is 24.3 Å². The molecule has 0 unspecified atom stereocenters. The van der Waals surface area contributed by atoms with E-state index < -0.39 is 0 Å². The molecule has 94 valence electrons. The Morgan fingerprint density at radius 3 is 2.94 bits per heavy atom. The second-order valence-electron chi connectivity index (χ2n) is 4.42. The summed E-state index contributed by atoms with van der Waals surface area (Å²) < 4.78 is 2.82. The molecule has 3 nitrogen and oxygen atoms in total. The first-order valence-electron chi connectivity index (χ1n) is 5.87. The summed E-state index contributed by atoms with van der Waals surface area (Å²) in [5.41, 5.74) is 1.23. The van der Waals surface area contributed by atoms with Crippen molar-refractivity contribution < 1.29 is 4.79 Å². The summed E-state index contributed by atoms with van der Waals surface area (Å²) in [5, 5.41) is 3.40. The molecule has 0 atom stereocenters. The van der Waals surface area contributed by atoms with Crippen molar-refractivity contribution >= 4 is 39.1 Å². The SMILES string of the molecule is O=C1CN(Cl)CCN1Cc1csc2ccccc12. The summed E-state index contributed by atoms with van der Waals surface area (Å²) in [6.07, 6.45) is 0. The zero-order valence-electron chi connectivity index (χ0n) is 9.80. The summed E-state index contributed by atoms with van der Waals surface area (Å²) in [7, 11) is 0. The van der Waals surface area contributed by atoms with E-state index in [0.29, 0.717) is 19.6 Å². The number of amides is 1. The molecule has 1 aromatic heterocycles. The van der Waals surface area contributed by atoms with Crippen LogP contribution >= 0.6 is 23.1 Å². The Morgan fingerprint density at radius 2 is 2.11 bits per heavy atom. The number of carbonyl (C=O) groups excluding carboxylic acids is 1. The summed E-state index contributed by atoms with van der Waals surface area (Å²) in [5.74, 6) is 0.103. The predicted octanol–water partition coefficient (Wildman–Crippen LogP) is 2.70. The van der Waals surface area contributed by atoms with Crippen molar-refractivity contribution in [2.24, 2.45) is 0 Å². The summed E-state index contributed by atoms with van der Waals surface area (Å²) in [6.45, 7) is 2.43. The number of benzene rings is 1. The molecule has 2 aromatic rings. The van der Waals surface area contributed by atoms with Crippen LogP contribution < -0.4 is 0 Å². The molecule has 18 heavy (non-hydrogen) atoms. The second kappa shape index (κ2) is 4.88. The van der Waals surface area contributed by atoms with E-state index in [2.05, 4.69) is 17.5 Å². The molecule has 1 aromatic carbocycles. The van der Waals surface area contributed by atoms with Crippen LogP contribution in [0.25, 0.3) is 10.1 Å². The largest absolute Gasteiger partial charge is 0.336 e. The zero-order valence-corrected chi connectivity index (χ0v) is 11.4. The van der Waals surface area contributed by atoms with Crippen molar-refractivity contribution in [3.8, 4) is 0 Å². The fourth-order valence-corrected chi connectivity index (χ4v) is 3.34. The van der Waals surface area contributed by atoms with Gasteiger partial charge >= 0.3 is 0 Å². The van der Waals surface area contributed by atoms with Crippen molar-refractivity contribution in [2.45, 2.75) is 6.54 Å². The Balaban J connectivity index is 1.82. The number of nitrogens with zero attached hydrogens (tertiary/aromatic N) is 2. The van der Waals surface area contributed by atoms with Crippen molar-refractivity contribution in [1.82, 2.24) is 9.32 Å². The minimum absolute atomic E-state index is 0.103. The number of carbonyl (C=O) groups is 1. The average Bonchev–Trinajstić information content (AvgIpc) is 2.76. The van der Waals surface area contributed by atoms with Gasteiger partial charge < -0.3 is 4.90 Å². The third-order valence-corrected chi connectivity index (χ3v) is 4.50. The van der Waals surface area contributed by atoms with Crippen LogP contribution in [0.15, 0.2) is 29.6 Å². The second-order valence-corrected chi connectivity index (χ2v) is 5.81. The van der Waals surface area contributed by atoms with Gasteiger partial charge in [-0.15, -0.1) is 11.3 Å². The molecule has 5 heteroatoms. The molecular formula is C13H13ClN2OS. The first-order chi connectivity index (χ1) is 8.74. The van der Waals surface area contributed by atoms with Gasteiger partial charge in [-0.05, 0) is 34.2 Å². The highest BCUT2D eigenvalue weighted by atomic mass is 35.5. The minimum atomic E-state index is 0.103. The Kier molecular flexibility index (Phi) is 3.24. The van der Waals surface area contributed by atoms with E-state index in [-0.39, 0.29) is 5.91 Å². The molecule has 2 heterocycles. The maximum atomic E-state index is 11.9. The maximum absolute atomic E-state index is 11.9. The molecule has 3 rings (SSSR count). The topological polar surface area (TPSA) is 23.6 Å². The number of piperazine rings is 1. The molecule has 1 amide bonds. The van der Waals surface area contributed by atoms with Crippen LogP contribution in [0.5, 0.6) is 0 Å². The molecule has 0 spiro atoms. The fourth-order valence-electron chi connectivity index (χ4n) is 2.21. The van der Waals surface area contributed by atoms with Gasteiger partial charge in [0.1, 0.15) is 0 Å². The number of hydrogen-bond donors (Lipinski definition) is 0. The van der Waals surface area contributed by atoms with Crippen molar-refractivity contribution in [1.29, 1.82) is 0 Å². The van der Waals surface area contributed by atoms with E-state index >= 15 is 0 Å². The summed E-state index contributed by atoms with van der Waals surface area (Å²) in [4.78, 5) is 13.8. The molecule has 1 aliphatic heterocycles. The van der Waals surface area contributed by atoms with Crippen molar-refractivity contribution in [2.75, 3.05) is 19.6 Å². The molecule has 0 bridgehead atoms. The highest BCUT2D eigenvalue weighted by Gasteiger charge is 2.23. The zero-order chi connectivity index (χ0) is 12.5. The number of fused-ring (bicyclic) bond motifs is 1. The Morgan fingerprint density at radius 1 is 1.28 bits per heavy atom. The predicted molar refractivity (Wildman–Crippen MR) is 74.7 cm³/mol. The third kappa shape index (κ3) is 2.23. The summed E-state index contributed by atoms with van der Waals surface area (Å²) in [6, 6.07) is 8.31. The van der Waals surface area contributed by atoms with E-state index in [1.807, 2.05) is 17.0 Å². The van der Waals surface area contributed by atoms with Crippen LogP contribution in [0.2, 0.25) is 0 Å². The molecule has 1 aliphatic rings. The molecule has 0 aliphatic carbocycles. The highest BCUT2D eigenvalue weighted by molar-refractivity contribution is 7.17. The van der Waals surface area contributed by atoms with Gasteiger partial charge in [0.05, 0.1) is 6.54 Å². The molecule has 1 saturated heterocycles. The Bertz CT molecular complexity index is 583. The number of hydrogen-bond acceptors (Lipinski definition) is 3. The van der Waals surface area contributed by atoms with Gasteiger partial charge in [-0.3, -0.25) is 4.79 Å². The Labute approximate surface area is 115 Å². The van der Waals surface area contributed by atoms with Gasteiger partial charge in [0.25, 0.3) is 0 Å². The number of thiophene rings is 1. The quantitative estimate of drug-likeness (QED) is 0.790. The standard InChI is InChI=1S/C13H13ClN2OS/c14-16-6-5-15(13(17)8-16)7-10-9-18-12-4-2-1-3-11(10)12/h1-4,9H,5-8H2. The van der Waals surface area contributed by atoms with E-state index in [0.717, 1.165) is 6.54 Å². The maximum Gasteiger partial charge on any atom is 0.238 e. The van der Waals surface area contributed by atoms with Gasteiger partial charge in [0.15, 0.2) is 0 Å². The number of rotatable bonds is 2. The Hall–Kier alpha value is -1.10. The molecule has 0 radical (unpaired) electrons. The number of halogens is 1. The first-order valence-corrected chi connectivity index (χ1v) is 7.09. The smallest absolute Gasteiger partial charge is 0.238 e. The van der Waals surface area contributed by atoms with Crippen LogP contribution in [0, 0.1) is 0 Å². The first kappa shape index (κ1) is 12.0. The van der Waals surface area contributed by atoms with Crippen molar-refractivity contribution in [3.63, 3.8) is 0 Å². The monoisotopic (exact) mass is 280 g/mol. The molecule has 0 N–H and O–H groups in total. The lowest BCUT2D eigenvalue weighted by molar-refractivity contribution is -0.134. The van der Waals surface area contributed by atoms with E-state index in [1.54, 1.807) is 15.8 Å². The third-order valence-electron chi connectivity index (χ3n) is 3.19. The van der Waals surface area contributed by atoms with Crippen LogP contribution in [-0.4, -0.2) is 34.9 Å². The van der Waals surface area contributed by atoms with Crippen LogP contribution in [0.1, 0.15) is 5.56 Å². The lowest BCUT2D eigenvalue weighted by atomic mass is 10.1.